The molecule has 1 aliphatic rings. The van der Waals surface area contributed by atoms with Crippen molar-refractivity contribution in [3.05, 3.63) is 30.0 Å². The van der Waals surface area contributed by atoms with Crippen LogP contribution in [0.5, 0.6) is 0 Å². The Morgan fingerprint density at radius 3 is 2.82 bits per heavy atom. The predicted molar refractivity (Wildman–Crippen MR) is 63.7 cm³/mol. The number of benzene rings is 1. The number of nitrogens with zero attached hydrogens (tertiary/aromatic N) is 2. The highest BCUT2D eigenvalue weighted by Crippen LogP contribution is 2.49. The average molecular weight is 230 g/mol. The number of aryl methyl sites for hydroxylation is 1. The quantitative estimate of drug-likeness (QED) is 0.877. The minimum absolute atomic E-state index is 0.531. The van der Waals surface area contributed by atoms with Crippen LogP contribution in [-0.4, -0.2) is 20.9 Å². The van der Waals surface area contributed by atoms with E-state index in [2.05, 4.69) is 5.10 Å². The number of aromatic nitrogens is 2. The van der Waals surface area contributed by atoms with Crippen molar-refractivity contribution in [1.82, 2.24) is 9.78 Å². The molecule has 88 valence electrons. The number of carboxylic acids is 1. The Hall–Kier alpha value is -1.84. The van der Waals surface area contributed by atoms with E-state index in [-0.39, 0.29) is 0 Å². The second-order valence-electron chi connectivity index (χ2n) is 4.85. The van der Waals surface area contributed by atoms with Gasteiger partial charge in [-0.1, -0.05) is 18.2 Å². The van der Waals surface area contributed by atoms with Gasteiger partial charge in [0.2, 0.25) is 0 Å². The zero-order valence-corrected chi connectivity index (χ0v) is 9.68. The number of aliphatic carboxylic acids is 1. The number of hydrogen-bond donors (Lipinski definition) is 1. The summed E-state index contributed by atoms with van der Waals surface area (Å²) in [5.74, 6) is -0.678. The number of hydrogen-bond acceptors (Lipinski definition) is 2. The van der Waals surface area contributed by atoms with E-state index < -0.39 is 11.4 Å². The molecule has 0 atom stereocenters. The molecule has 0 bridgehead atoms. The molecule has 1 aromatic carbocycles. The Morgan fingerprint density at radius 2 is 2.18 bits per heavy atom. The van der Waals surface area contributed by atoms with Gasteiger partial charge in [0, 0.05) is 24.5 Å². The largest absolute Gasteiger partial charge is 0.481 e. The standard InChI is InChI=1S/C13H14N2O2/c1-15-11(8-13(6-7-13)12(16)17)9-4-2-3-5-10(9)14-15/h2-5H,6-8H2,1H3,(H,16,17). The zero-order chi connectivity index (χ0) is 12.0. The lowest BCUT2D eigenvalue weighted by molar-refractivity contribution is -0.143. The van der Waals surface area contributed by atoms with E-state index in [0.29, 0.717) is 6.42 Å². The highest BCUT2D eigenvalue weighted by atomic mass is 16.4. The molecular weight excluding hydrogens is 216 g/mol. The molecular formula is C13H14N2O2. The summed E-state index contributed by atoms with van der Waals surface area (Å²) in [6.07, 6.45) is 2.14. The SMILES string of the molecule is Cn1nc2ccccc2c1CC1(C(=O)O)CC1. The predicted octanol–water partition coefficient (Wildman–Crippen LogP) is 1.98. The van der Waals surface area contributed by atoms with Crippen LogP contribution in [0.25, 0.3) is 10.9 Å². The fourth-order valence-corrected chi connectivity index (χ4v) is 2.35. The maximum Gasteiger partial charge on any atom is 0.310 e. The third-order valence-corrected chi connectivity index (χ3v) is 3.68. The number of carbonyl (C=O) groups is 1. The highest BCUT2D eigenvalue weighted by molar-refractivity contribution is 5.84. The van der Waals surface area contributed by atoms with Crippen LogP contribution in [0.4, 0.5) is 0 Å². The fraction of sp³-hybridized carbons (Fsp3) is 0.385. The summed E-state index contributed by atoms with van der Waals surface area (Å²) < 4.78 is 1.81. The molecule has 1 aliphatic carbocycles. The molecule has 17 heavy (non-hydrogen) atoms. The Balaban J connectivity index is 2.06. The Kier molecular flexibility index (Phi) is 2.02. The van der Waals surface area contributed by atoms with Crippen LogP contribution in [0.2, 0.25) is 0 Å². The maximum atomic E-state index is 11.2. The van der Waals surface area contributed by atoms with Crippen molar-refractivity contribution in [3.8, 4) is 0 Å². The van der Waals surface area contributed by atoms with Gasteiger partial charge in [-0.25, -0.2) is 0 Å². The van der Waals surface area contributed by atoms with Crippen molar-refractivity contribution in [2.24, 2.45) is 12.5 Å². The van der Waals surface area contributed by atoms with E-state index in [9.17, 15) is 9.90 Å². The van der Waals surface area contributed by atoms with Gasteiger partial charge in [-0.15, -0.1) is 0 Å². The second kappa shape index (κ2) is 3.32. The van der Waals surface area contributed by atoms with Gasteiger partial charge in [0.05, 0.1) is 10.9 Å². The lowest BCUT2D eigenvalue weighted by Crippen LogP contribution is -2.19. The Labute approximate surface area is 98.9 Å². The van der Waals surface area contributed by atoms with Gasteiger partial charge in [-0.2, -0.15) is 5.10 Å². The third-order valence-electron chi connectivity index (χ3n) is 3.68. The van der Waals surface area contributed by atoms with Gasteiger partial charge in [0.1, 0.15) is 0 Å². The van der Waals surface area contributed by atoms with E-state index in [0.717, 1.165) is 29.4 Å². The van der Waals surface area contributed by atoms with Crippen molar-refractivity contribution in [1.29, 1.82) is 0 Å². The van der Waals surface area contributed by atoms with E-state index in [1.165, 1.54) is 0 Å². The molecule has 1 N–H and O–H groups in total. The lowest BCUT2D eigenvalue weighted by Gasteiger charge is -2.09. The first-order valence-corrected chi connectivity index (χ1v) is 5.76. The summed E-state index contributed by atoms with van der Waals surface area (Å²) in [6.45, 7) is 0. The van der Waals surface area contributed by atoms with Crippen LogP contribution in [0.1, 0.15) is 18.5 Å². The Morgan fingerprint density at radius 1 is 1.47 bits per heavy atom. The summed E-state index contributed by atoms with van der Waals surface area (Å²) in [4.78, 5) is 11.2. The first-order valence-electron chi connectivity index (χ1n) is 5.76. The summed E-state index contributed by atoms with van der Waals surface area (Å²) in [5, 5.41) is 14.7. The van der Waals surface area contributed by atoms with Crippen molar-refractivity contribution < 1.29 is 9.90 Å². The van der Waals surface area contributed by atoms with Gasteiger partial charge in [-0.3, -0.25) is 9.48 Å². The monoisotopic (exact) mass is 230 g/mol. The average Bonchev–Trinajstić information content (AvgIpc) is 3.01. The normalized spacial score (nSPS) is 17.2. The van der Waals surface area contributed by atoms with Gasteiger partial charge in [-0.05, 0) is 18.9 Å². The number of rotatable bonds is 3. The van der Waals surface area contributed by atoms with Crippen LogP contribution >= 0.6 is 0 Å². The first kappa shape index (κ1) is 10.3. The first-order chi connectivity index (χ1) is 8.12. The molecule has 0 saturated heterocycles. The van der Waals surface area contributed by atoms with E-state index >= 15 is 0 Å². The van der Waals surface area contributed by atoms with Crippen molar-refractivity contribution in [2.45, 2.75) is 19.3 Å². The molecule has 1 fully saturated rings. The van der Waals surface area contributed by atoms with Crippen LogP contribution in [-0.2, 0) is 18.3 Å². The number of carboxylic acid groups (broad SMARTS) is 1. The van der Waals surface area contributed by atoms with E-state index in [1.54, 1.807) is 0 Å². The van der Waals surface area contributed by atoms with Crippen molar-refractivity contribution >= 4 is 16.9 Å². The van der Waals surface area contributed by atoms with Gasteiger partial charge in [0.25, 0.3) is 0 Å². The van der Waals surface area contributed by atoms with Crippen LogP contribution < -0.4 is 0 Å². The van der Waals surface area contributed by atoms with Crippen LogP contribution in [0.15, 0.2) is 24.3 Å². The third kappa shape index (κ3) is 1.52. The van der Waals surface area contributed by atoms with Crippen molar-refractivity contribution in [2.75, 3.05) is 0 Å². The minimum Gasteiger partial charge on any atom is -0.481 e. The smallest absolute Gasteiger partial charge is 0.310 e. The highest BCUT2D eigenvalue weighted by Gasteiger charge is 2.50. The lowest BCUT2D eigenvalue weighted by atomic mass is 9.98. The summed E-state index contributed by atoms with van der Waals surface area (Å²) in [6, 6.07) is 7.88. The van der Waals surface area contributed by atoms with Crippen molar-refractivity contribution in [3.63, 3.8) is 0 Å². The topological polar surface area (TPSA) is 55.1 Å². The molecule has 3 rings (SSSR count). The molecule has 1 aromatic heterocycles. The zero-order valence-electron chi connectivity index (χ0n) is 9.68. The molecule has 0 aliphatic heterocycles. The van der Waals surface area contributed by atoms with E-state index in [1.807, 2.05) is 36.0 Å². The summed E-state index contributed by atoms with van der Waals surface area (Å²) in [5.41, 5.74) is 1.43. The second-order valence-corrected chi connectivity index (χ2v) is 4.85. The molecule has 0 radical (unpaired) electrons. The molecule has 0 unspecified atom stereocenters. The molecule has 4 nitrogen and oxygen atoms in total. The van der Waals surface area contributed by atoms with Gasteiger partial charge in [0.15, 0.2) is 0 Å². The summed E-state index contributed by atoms with van der Waals surface area (Å²) in [7, 11) is 1.88. The van der Waals surface area contributed by atoms with Gasteiger partial charge >= 0.3 is 5.97 Å². The van der Waals surface area contributed by atoms with Crippen LogP contribution in [0.3, 0.4) is 0 Å². The Bertz CT molecular complexity index is 596. The summed E-state index contributed by atoms with van der Waals surface area (Å²) >= 11 is 0. The molecule has 1 saturated carbocycles. The minimum atomic E-state index is -0.678. The molecule has 0 spiro atoms. The molecule has 4 heteroatoms. The maximum absolute atomic E-state index is 11.2. The fourth-order valence-electron chi connectivity index (χ4n) is 2.35. The van der Waals surface area contributed by atoms with E-state index in [4.69, 9.17) is 0 Å². The molecule has 2 aromatic rings. The molecule has 0 amide bonds. The number of fused-ring (bicyclic) bond motifs is 1. The molecule has 1 heterocycles. The van der Waals surface area contributed by atoms with Crippen LogP contribution in [0, 0.1) is 5.41 Å². The van der Waals surface area contributed by atoms with Gasteiger partial charge < -0.3 is 5.11 Å².